The number of alkyl halides is 3. The van der Waals surface area contributed by atoms with Crippen LogP contribution in [0.5, 0.6) is 5.75 Å². The minimum atomic E-state index is -4.46. The fourth-order valence-electron chi connectivity index (χ4n) is 4.55. The minimum absolute atomic E-state index is 0.0742. The third-order valence-electron chi connectivity index (χ3n) is 6.91. The molecule has 0 aliphatic carbocycles. The van der Waals surface area contributed by atoms with Crippen molar-refractivity contribution in [2.45, 2.75) is 38.1 Å². The van der Waals surface area contributed by atoms with E-state index in [1.807, 2.05) is 37.3 Å². The standard InChI is InChI=1S/C34H32F5N3O3/c1-22(24-8-3-2-4-9-24)41-32(43)25-10-6-11-26(16-25)33(44)42-30(21-45-31-18-28(35)17-29(36)19-31)13-14-40-20-23-7-5-12-27(15-23)34(37,38)39/h2-12,15-19,22,30,40H,13-14,20-21H2,1H3,(H,41,43)(H,42,44)/t22-,30-/m1/s1. The summed E-state index contributed by atoms with van der Waals surface area (Å²) in [6.45, 7) is 2.09. The largest absolute Gasteiger partial charge is 0.491 e. The number of benzene rings is 4. The van der Waals surface area contributed by atoms with Crippen molar-refractivity contribution in [3.8, 4) is 5.75 Å². The molecule has 0 bridgehead atoms. The first-order valence-corrected chi connectivity index (χ1v) is 14.2. The lowest BCUT2D eigenvalue weighted by Crippen LogP contribution is -2.41. The molecule has 0 saturated carbocycles. The monoisotopic (exact) mass is 625 g/mol. The maximum Gasteiger partial charge on any atom is 0.416 e. The SMILES string of the molecule is C[C@@H](NC(=O)c1cccc(C(=O)N[C@H](CCNCc2cccc(C(F)(F)F)c2)COc2cc(F)cc(F)c2)c1)c1ccccc1. The molecule has 6 nitrogen and oxygen atoms in total. The van der Waals surface area contributed by atoms with Crippen LogP contribution in [-0.2, 0) is 12.7 Å². The van der Waals surface area contributed by atoms with Crippen LogP contribution in [0, 0.1) is 11.6 Å². The number of ether oxygens (including phenoxy) is 1. The fraction of sp³-hybridized carbons (Fsp3) is 0.235. The highest BCUT2D eigenvalue weighted by Crippen LogP contribution is 2.29. The topological polar surface area (TPSA) is 79.5 Å². The van der Waals surface area contributed by atoms with Crippen LogP contribution < -0.4 is 20.7 Å². The molecule has 0 spiro atoms. The number of hydrogen-bond acceptors (Lipinski definition) is 4. The normalized spacial score (nSPS) is 12.7. The molecule has 3 N–H and O–H groups in total. The van der Waals surface area contributed by atoms with Crippen LogP contribution in [0.1, 0.15) is 56.8 Å². The molecule has 2 atom stereocenters. The molecule has 236 valence electrons. The van der Waals surface area contributed by atoms with Crippen LogP contribution in [0.25, 0.3) is 0 Å². The molecule has 0 aliphatic heterocycles. The highest BCUT2D eigenvalue weighted by atomic mass is 19.4. The van der Waals surface area contributed by atoms with Gasteiger partial charge in [-0.05, 0) is 55.3 Å². The van der Waals surface area contributed by atoms with E-state index in [4.69, 9.17) is 4.74 Å². The molecule has 4 aromatic carbocycles. The van der Waals surface area contributed by atoms with Crippen LogP contribution in [0.3, 0.4) is 0 Å². The van der Waals surface area contributed by atoms with Crippen molar-refractivity contribution in [1.82, 2.24) is 16.0 Å². The number of rotatable bonds is 13. The molecule has 0 unspecified atom stereocenters. The van der Waals surface area contributed by atoms with Crippen molar-refractivity contribution in [2.24, 2.45) is 0 Å². The van der Waals surface area contributed by atoms with E-state index < -0.39 is 35.3 Å². The number of halogens is 5. The lowest BCUT2D eigenvalue weighted by molar-refractivity contribution is -0.137. The Morgan fingerprint density at radius 3 is 2.09 bits per heavy atom. The zero-order valence-corrected chi connectivity index (χ0v) is 24.3. The van der Waals surface area contributed by atoms with Gasteiger partial charge in [0.25, 0.3) is 11.8 Å². The second kappa shape index (κ2) is 15.3. The Labute approximate surface area is 257 Å². The van der Waals surface area contributed by atoms with E-state index in [0.717, 1.165) is 29.8 Å². The van der Waals surface area contributed by atoms with Gasteiger partial charge >= 0.3 is 6.18 Å². The van der Waals surface area contributed by atoms with Gasteiger partial charge in [-0.2, -0.15) is 13.2 Å². The summed E-state index contributed by atoms with van der Waals surface area (Å²) in [6.07, 6.45) is -4.20. The van der Waals surface area contributed by atoms with Gasteiger partial charge in [-0.15, -0.1) is 0 Å². The van der Waals surface area contributed by atoms with Gasteiger partial charge in [0.15, 0.2) is 0 Å². The Hall–Kier alpha value is -4.77. The molecule has 0 fully saturated rings. The summed E-state index contributed by atoms with van der Waals surface area (Å²) in [5.41, 5.74) is 1.06. The van der Waals surface area contributed by atoms with Crippen molar-refractivity contribution in [1.29, 1.82) is 0 Å². The molecule has 0 radical (unpaired) electrons. The van der Waals surface area contributed by atoms with E-state index in [-0.39, 0.29) is 54.9 Å². The van der Waals surface area contributed by atoms with E-state index in [1.165, 1.54) is 12.1 Å². The van der Waals surface area contributed by atoms with E-state index in [2.05, 4.69) is 16.0 Å². The maximum atomic E-state index is 13.7. The van der Waals surface area contributed by atoms with Gasteiger partial charge in [0, 0.05) is 35.9 Å². The van der Waals surface area contributed by atoms with Crippen molar-refractivity contribution >= 4 is 11.8 Å². The van der Waals surface area contributed by atoms with Gasteiger partial charge in [0.05, 0.1) is 17.6 Å². The molecule has 4 aromatic rings. The lowest BCUT2D eigenvalue weighted by atomic mass is 10.1. The van der Waals surface area contributed by atoms with Crippen LogP contribution in [-0.4, -0.2) is 31.0 Å². The molecule has 0 saturated heterocycles. The first-order chi connectivity index (χ1) is 21.5. The third-order valence-corrected chi connectivity index (χ3v) is 6.91. The number of nitrogens with one attached hydrogen (secondary N) is 3. The van der Waals surface area contributed by atoms with E-state index >= 15 is 0 Å². The molecule has 0 aliphatic rings. The number of hydrogen-bond donors (Lipinski definition) is 3. The Morgan fingerprint density at radius 1 is 0.778 bits per heavy atom. The van der Waals surface area contributed by atoms with E-state index in [1.54, 1.807) is 24.3 Å². The molecular weight excluding hydrogens is 593 g/mol. The summed E-state index contributed by atoms with van der Waals surface area (Å²) in [5, 5.41) is 8.77. The fourth-order valence-corrected chi connectivity index (χ4v) is 4.55. The summed E-state index contributed by atoms with van der Waals surface area (Å²) in [4.78, 5) is 26.1. The summed E-state index contributed by atoms with van der Waals surface area (Å²) < 4.78 is 72.1. The van der Waals surface area contributed by atoms with Crippen LogP contribution in [0.4, 0.5) is 22.0 Å². The molecule has 0 heterocycles. The van der Waals surface area contributed by atoms with Gasteiger partial charge in [0.1, 0.15) is 24.0 Å². The summed E-state index contributed by atoms with van der Waals surface area (Å²) >= 11 is 0. The Balaban J connectivity index is 1.40. The molecule has 2 amide bonds. The zero-order chi connectivity index (χ0) is 32.4. The first-order valence-electron chi connectivity index (χ1n) is 14.2. The highest BCUT2D eigenvalue weighted by molar-refractivity contribution is 5.99. The van der Waals surface area contributed by atoms with Crippen molar-refractivity contribution in [3.05, 3.63) is 137 Å². The second-order valence-electron chi connectivity index (χ2n) is 10.4. The second-order valence-corrected chi connectivity index (χ2v) is 10.4. The molecular formula is C34H32F5N3O3. The Morgan fingerprint density at radius 2 is 1.42 bits per heavy atom. The lowest BCUT2D eigenvalue weighted by Gasteiger charge is -2.20. The van der Waals surface area contributed by atoms with Crippen LogP contribution in [0.2, 0.25) is 0 Å². The summed E-state index contributed by atoms with van der Waals surface area (Å²) in [6, 6.07) is 22.3. The van der Waals surface area contributed by atoms with Gasteiger partial charge in [0.2, 0.25) is 0 Å². The van der Waals surface area contributed by atoms with Crippen LogP contribution in [0.15, 0.2) is 97.1 Å². The van der Waals surface area contributed by atoms with E-state index in [0.29, 0.717) is 11.6 Å². The van der Waals surface area contributed by atoms with Crippen molar-refractivity contribution in [2.75, 3.05) is 13.2 Å². The van der Waals surface area contributed by atoms with Gasteiger partial charge in [-0.25, -0.2) is 8.78 Å². The average molecular weight is 626 g/mol. The smallest absolute Gasteiger partial charge is 0.416 e. The maximum absolute atomic E-state index is 13.7. The molecule has 0 aromatic heterocycles. The predicted octanol–water partition coefficient (Wildman–Crippen LogP) is 6.83. The molecule has 11 heteroatoms. The quantitative estimate of drug-likeness (QED) is 0.112. The summed E-state index contributed by atoms with van der Waals surface area (Å²) in [5.74, 6) is -2.62. The first kappa shape index (κ1) is 33.1. The minimum Gasteiger partial charge on any atom is -0.491 e. The van der Waals surface area contributed by atoms with E-state index in [9.17, 15) is 31.5 Å². The summed E-state index contributed by atoms with van der Waals surface area (Å²) in [7, 11) is 0. The van der Waals surface area contributed by atoms with Crippen molar-refractivity contribution < 1.29 is 36.3 Å². The zero-order valence-electron chi connectivity index (χ0n) is 24.3. The Bertz CT molecular complexity index is 1580. The number of carbonyl (C=O) groups is 2. The predicted molar refractivity (Wildman–Crippen MR) is 160 cm³/mol. The van der Waals surface area contributed by atoms with Crippen LogP contribution >= 0.6 is 0 Å². The molecule has 45 heavy (non-hydrogen) atoms. The van der Waals surface area contributed by atoms with Crippen molar-refractivity contribution in [3.63, 3.8) is 0 Å². The average Bonchev–Trinajstić information content (AvgIpc) is 3.01. The number of carbonyl (C=O) groups excluding carboxylic acids is 2. The highest BCUT2D eigenvalue weighted by Gasteiger charge is 2.30. The number of amides is 2. The van der Waals surface area contributed by atoms with Gasteiger partial charge in [-0.1, -0.05) is 54.6 Å². The van der Waals surface area contributed by atoms with Gasteiger partial charge in [-0.3, -0.25) is 9.59 Å². The Kier molecular flexibility index (Phi) is 11.3. The third kappa shape index (κ3) is 10.1. The van der Waals surface area contributed by atoms with Gasteiger partial charge < -0.3 is 20.7 Å². The molecule has 4 rings (SSSR count).